The highest BCUT2D eigenvalue weighted by molar-refractivity contribution is 5.80. The van der Waals surface area contributed by atoms with Crippen LogP contribution in [-0.2, 0) is 4.79 Å². The van der Waals surface area contributed by atoms with Crippen molar-refractivity contribution in [3.05, 3.63) is 35.8 Å². The highest BCUT2D eigenvalue weighted by Crippen LogP contribution is 2.47. The Balaban J connectivity index is 1.31. The number of aromatic nitrogens is 3. The Morgan fingerprint density at radius 2 is 1.87 bits per heavy atom. The maximum absolute atomic E-state index is 13.1. The topological polar surface area (TPSA) is 62.2 Å². The fraction of sp³-hybridized carbons (Fsp3) is 0.583. The largest absolute Gasteiger partial charge is 0.342 e. The first-order valence-electron chi connectivity index (χ1n) is 11.4. The van der Waals surface area contributed by atoms with Crippen molar-refractivity contribution in [2.24, 2.45) is 17.8 Å². The van der Waals surface area contributed by atoms with Gasteiger partial charge in [-0.15, -0.1) is 0 Å². The number of hydrogen-bond acceptors (Lipinski definition) is 5. The standard InChI is InChI=1S/C24H31N5O/c1-16-6-7-19(17(2)26-16)22-8-10-25-24(27-22)29-13-9-18-14-20(21(18)15-29)23(30)28-11-4-3-5-12-28/h6-8,10,18,20-21H,3-5,9,11-15H2,1-2H3/t18-,20-,21-/m1/s1. The number of hydrogen-bond donors (Lipinski definition) is 0. The zero-order valence-electron chi connectivity index (χ0n) is 18.0. The first-order chi connectivity index (χ1) is 14.6. The number of carbonyl (C=O) groups is 1. The molecular formula is C24H31N5O. The van der Waals surface area contributed by atoms with Crippen LogP contribution in [0.5, 0.6) is 0 Å². The SMILES string of the molecule is Cc1ccc(-c2ccnc(N3CC[C@@H]4C[C@@H](C(=O)N5CCCCC5)[C@@H]4C3)n2)c(C)n1. The van der Waals surface area contributed by atoms with E-state index in [1.54, 1.807) is 0 Å². The van der Waals surface area contributed by atoms with E-state index in [0.717, 1.165) is 80.5 Å². The third-order valence-electron chi connectivity index (χ3n) is 7.29. The normalized spacial score (nSPS) is 26.1. The molecule has 158 valence electrons. The lowest BCUT2D eigenvalue weighted by Crippen LogP contribution is -2.56. The summed E-state index contributed by atoms with van der Waals surface area (Å²) in [6, 6.07) is 6.08. The number of piperidine rings is 2. The second-order valence-electron chi connectivity index (χ2n) is 9.21. The number of amides is 1. The zero-order chi connectivity index (χ0) is 20.7. The number of aryl methyl sites for hydroxylation is 2. The summed E-state index contributed by atoms with van der Waals surface area (Å²) < 4.78 is 0. The van der Waals surface area contributed by atoms with Crippen molar-refractivity contribution in [1.82, 2.24) is 19.9 Å². The molecule has 2 aliphatic heterocycles. The molecule has 0 N–H and O–H groups in total. The minimum Gasteiger partial charge on any atom is -0.342 e. The minimum absolute atomic E-state index is 0.197. The first-order valence-corrected chi connectivity index (χ1v) is 11.4. The van der Waals surface area contributed by atoms with Gasteiger partial charge in [-0.05, 0) is 76.0 Å². The lowest BCUT2D eigenvalue weighted by molar-refractivity contribution is -0.146. The summed E-state index contributed by atoms with van der Waals surface area (Å²) in [6.07, 6.45) is 7.63. The van der Waals surface area contributed by atoms with Crippen molar-refractivity contribution in [3.8, 4) is 11.3 Å². The van der Waals surface area contributed by atoms with E-state index in [-0.39, 0.29) is 5.92 Å². The molecule has 6 heteroatoms. The number of pyridine rings is 1. The second-order valence-corrected chi connectivity index (χ2v) is 9.21. The van der Waals surface area contributed by atoms with Gasteiger partial charge in [0.25, 0.3) is 0 Å². The van der Waals surface area contributed by atoms with Crippen LogP contribution in [0.2, 0.25) is 0 Å². The molecular weight excluding hydrogens is 374 g/mol. The quantitative estimate of drug-likeness (QED) is 0.780. The maximum Gasteiger partial charge on any atom is 0.226 e. The molecule has 0 radical (unpaired) electrons. The summed E-state index contributed by atoms with van der Waals surface area (Å²) in [4.78, 5) is 31.5. The summed E-state index contributed by atoms with van der Waals surface area (Å²) in [5, 5.41) is 0. The average Bonchev–Trinajstić information content (AvgIpc) is 2.75. The number of likely N-dealkylation sites (tertiary alicyclic amines) is 1. The molecule has 0 unspecified atom stereocenters. The lowest BCUT2D eigenvalue weighted by atomic mass is 9.61. The summed E-state index contributed by atoms with van der Waals surface area (Å²) in [7, 11) is 0. The molecule has 1 amide bonds. The molecule has 3 fully saturated rings. The van der Waals surface area contributed by atoms with Gasteiger partial charge in [0.2, 0.25) is 11.9 Å². The number of fused-ring (bicyclic) bond motifs is 1. The molecule has 0 aromatic carbocycles. The van der Waals surface area contributed by atoms with Crippen molar-refractivity contribution < 1.29 is 4.79 Å². The number of anilines is 1. The highest BCUT2D eigenvalue weighted by Gasteiger charge is 2.49. The molecule has 2 saturated heterocycles. The van der Waals surface area contributed by atoms with E-state index < -0.39 is 0 Å². The van der Waals surface area contributed by atoms with Gasteiger partial charge in [-0.3, -0.25) is 9.78 Å². The van der Waals surface area contributed by atoms with Crippen LogP contribution in [0.4, 0.5) is 5.95 Å². The predicted molar refractivity (Wildman–Crippen MR) is 117 cm³/mol. The van der Waals surface area contributed by atoms with Crippen LogP contribution in [0.3, 0.4) is 0 Å². The van der Waals surface area contributed by atoms with E-state index >= 15 is 0 Å². The fourth-order valence-corrected chi connectivity index (χ4v) is 5.51. The van der Waals surface area contributed by atoms with Crippen molar-refractivity contribution in [1.29, 1.82) is 0 Å². The van der Waals surface area contributed by atoms with Gasteiger partial charge in [0, 0.05) is 55.2 Å². The molecule has 6 nitrogen and oxygen atoms in total. The van der Waals surface area contributed by atoms with Crippen LogP contribution in [0, 0.1) is 31.6 Å². The van der Waals surface area contributed by atoms with E-state index in [1.165, 1.54) is 6.42 Å². The molecule has 0 spiro atoms. The van der Waals surface area contributed by atoms with Crippen LogP contribution >= 0.6 is 0 Å². The smallest absolute Gasteiger partial charge is 0.226 e. The van der Waals surface area contributed by atoms with Crippen LogP contribution in [0.1, 0.15) is 43.5 Å². The van der Waals surface area contributed by atoms with Crippen molar-refractivity contribution in [2.45, 2.75) is 46.0 Å². The number of rotatable bonds is 3. The molecule has 2 aromatic heterocycles. The Morgan fingerprint density at radius 3 is 2.67 bits per heavy atom. The summed E-state index contributed by atoms with van der Waals surface area (Å²) in [5.74, 6) is 2.51. The van der Waals surface area contributed by atoms with Crippen LogP contribution in [0.15, 0.2) is 24.4 Å². The monoisotopic (exact) mass is 405 g/mol. The van der Waals surface area contributed by atoms with E-state index in [9.17, 15) is 4.79 Å². The summed E-state index contributed by atoms with van der Waals surface area (Å²) in [6.45, 7) is 7.80. The second kappa shape index (κ2) is 7.97. The van der Waals surface area contributed by atoms with Gasteiger partial charge in [-0.25, -0.2) is 9.97 Å². The molecule has 0 bridgehead atoms. The van der Waals surface area contributed by atoms with Gasteiger partial charge < -0.3 is 9.80 Å². The Kier molecular flexibility index (Phi) is 5.17. The van der Waals surface area contributed by atoms with Crippen LogP contribution < -0.4 is 4.90 Å². The van der Waals surface area contributed by atoms with Gasteiger partial charge in [-0.1, -0.05) is 0 Å². The Bertz CT molecular complexity index is 939. The number of nitrogens with zero attached hydrogens (tertiary/aromatic N) is 5. The molecule has 1 saturated carbocycles. The summed E-state index contributed by atoms with van der Waals surface area (Å²) in [5.41, 5.74) is 3.98. The van der Waals surface area contributed by atoms with Gasteiger partial charge in [0.15, 0.2) is 0 Å². The Morgan fingerprint density at radius 1 is 1.03 bits per heavy atom. The molecule has 5 rings (SSSR count). The van der Waals surface area contributed by atoms with Gasteiger partial charge >= 0.3 is 0 Å². The third-order valence-corrected chi connectivity index (χ3v) is 7.29. The predicted octanol–water partition coefficient (Wildman–Crippen LogP) is 3.63. The lowest BCUT2D eigenvalue weighted by Gasteiger charge is -2.51. The number of carbonyl (C=O) groups excluding carboxylic acids is 1. The van der Waals surface area contributed by atoms with Gasteiger partial charge in [0.05, 0.1) is 5.69 Å². The van der Waals surface area contributed by atoms with Crippen molar-refractivity contribution >= 4 is 11.9 Å². The molecule has 3 aliphatic rings. The van der Waals surface area contributed by atoms with Gasteiger partial charge in [0.1, 0.15) is 0 Å². The van der Waals surface area contributed by atoms with E-state index in [2.05, 4.69) is 25.8 Å². The summed E-state index contributed by atoms with van der Waals surface area (Å²) >= 11 is 0. The fourth-order valence-electron chi connectivity index (χ4n) is 5.51. The highest BCUT2D eigenvalue weighted by atomic mass is 16.2. The van der Waals surface area contributed by atoms with Crippen molar-refractivity contribution in [3.63, 3.8) is 0 Å². The van der Waals surface area contributed by atoms with Crippen molar-refractivity contribution in [2.75, 3.05) is 31.1 Å². The Hall–Kier alpha value is -2.50. The maximum atomic E-state index is 13.1. The van der Waals surface area contributed by atoms with E-state index in [1.807, 2.05) is 32.2 Å². The van der Waals surface area contributed by atoms with E-state index in [4.69, 9.17) is 4.98 Å². The van der Waals surface area contributed by atoms with Crippen LogP contribution in [0.25, 0.3) is 11.3 Å². The van der Waals surface area contributed by atoms with Gasteiger partial charge in [-0.2, -0.15) is 0 Å². The molecule has 1 aliphatic carbocycles. The third kappa shape index (κ3) is 3.57. The van der Waals surface area contributed by atoms with Crippen LogP contribution in [-0.4, -0.2) is 51.9 Å². The minimum atomic E-state index is 0.197. The Labute approximate surface area is 178 Å². The average molecular weight is 406 g/mol. The molecule has 30 heavy (non-hydrogen) atoms. The molecule has 4 heterocycles. The zero-order valence-corrected chi connectivity index (χ0v) is 18.0. The van der Waals surface area contributed by atoms with E-state index in [0.29, 0.717) is 17.7 Å². The molecule has 2 aromatic rings. The molecule has 3 atom stereocenters. The first kappa shape index (κ1) is 19.5.